The van der Waals surface area contributed by atoms with Crippen LogP contribution in [0.25, 0.3) is 6.08 Å². The van der Waals surface area contributed by atoms with Gasteiger partial charge in [0.25, 0.3) is 0 Å². The van der Waals surface area contributed by atoms with Crippen LogP contribution in [0.3, 0.4) is 0 Å². The third-order valence-electron chi connectivity index (χ3n) is 3.30. The molecule has 0 saturated heterocycles. The molecule has 19 heavy (non-hydrogen) atoms. The normalized spacial score (nSPS) is 10.9. The lowest BCUT2D eigenvalue weighted by molar-refractivity contribution is 0.104. The number of ketones is 1. The molecule has 0 unspecified atom stereocenters. The van der Waals surface area contributed by atoms with Crippen molar-refractivity contribution in [3.8, 4) is 0 Å². The largest absolute Gasteiger partial charge is 0.289 e. The van der Waals surface area contributed by atoms with E-state index in [2.05, 4.69) is 0 Å². The zero-order chi connectivity index (χ0) is 13.8. The van der Waals surface area contributed by atoms with Gasteiger partial charge in [0.2, 0.25) is 0 Å². The molecule has 2 aromatic carbocycles. The van der Waals surface area contributed by atoms with E-state index in [0.717, 1.165) is 16.7 Å². The molecule has 0 aliphatic rings. The first kappa shape index (κ1) is 13.3. The molecule has 0 amide bonds. The number of carbonyl (C=O) groups excluding carboxylic acids is 1. The van der Waals surface area contributed by atoms with Gasteiger partial charge in [0.05, 0.1) is 0 Å². The number of rotatable bonds is 3. The van der Waals surface area contributed by atoms with Crippen LogP contribution in [0, 0.1) is 20.8 Å². The van der Waals surface area contributed by atoms with E-state index in [4.69, 9.17) is 0 Å². The summed E-state index contributed by atoms with van der Waals surface area (Å²) in [7, 11) is 0. The van der Waals surface area contributed by atoms with Gasteiger partial charge in [0.1, 0.15) is 0 Å². The molecule has 0 atom stereocenters. The minimum atomic E-state index is 0.0451. The molecule has 0 saturated carbocycles. The van der Waals surface area contributed by atoms with Gasteiger partial charge in [-0.05, 0) is 49.6 Å². The maximum Gasteiger partial charge on any atom is 0.185 e. The van der Waals surface area contributed by atoms with Crippen LogP contribution in [0.2, 0.25) is 0 Å². The predicted molar refractivity (Wildman–Crippen MR) is 80.5 cm³/mol. The van der Waals surface area contributed by atoms with Gasteiger partial charge in [-0.2, -0.15) is 0 Å². The summed E-state index contributed by atoms with van der Waals surface area (Å²) in [6, 6.07) is 13.9. The molecule has 0 N–H and O–H groups in total. The number of aryl methyl sites for hydroxylation is 3. The smallest absolute Gasteiger partial charge is 0.185 e. The average Bonchev–Trinajstić information content (AvgIpc) is 2.41. The monoisotopic (exact) mass is 250 g/mol. The Hall–Kier alpha value is -2.15. The number of hydrogen-bond acceptors (Lipinski definition) is 1. The van der Waals surface area contributed by atoms with E-state index in [1.807, 2.05) is 69.3 Å². The second-order valence-electron chi connectivity index (χ2n) is 4.91. The van der Waals surface area contributed by atoms with Crippen LogP contribution in [0.5, 0.6) is 0 Å². The highest BCUT2D eigenvalue weighted by molar-refractivity contribution is 6.06. The van der Waals surface area contributed by atoms with Gasteiger partial charge in [-0.1, -0.05) is 48.0 Å². The van der Waals surface area contributed by atoms with Gasteiger partial charge in [-0.15, -0.1) is 0 Å². The van der Waals surface area contributed by atoms with Crippen molar-refractivity contribution in [2.75, 3.05) is 0 Å². The molecule has 2 aromatic rings. The van der Waals surface area contributed by atoms with Crippen molar-refractivity contribution in [1.29, 1.82) is 0 Å². The standard InChI is InChI=1S/C18H18O/c1-13-4-7-16(8-5-13)9-11-18(19)17-10-6-14(2)15(3)12-17/h4-12H,1-3H3. The summed E-state index contributed by atoms with van der Waals surface area (Å²) in [4.78, 5) is 12.1. The summed E-state index contributed by atoms with van der Waals surface area (Å²) < 4.78 is 0. The number of hydrogen-bond donors (Lipinski definition) is 0. The van der Waals surface area contributed by atoms with Crippen molar-refractivity contribution in [3.05, 3.63) is 76.4 Å². The summed E-state index contributed by atoms with van der Waals surface area (Å²) in [5.41, 5.74) is 5.36. The first-order valence-corrected chi connectivity index (χ1v) is 6.42. The van der Waals surface area contributed by atoms with E-state index in [1.165, 1.54) is 11.1 Å². The summed E-state index contributed by atoms with van der Waals surface area (Å²) in [6.07, 6.45) is 3.49. The Bertz CT molecular complexity index is 619. The topological polar surface area (TPSA) is 17.1 Å². The van der Waals surface area contributed by atoms with E-state index in [0.29, 0.717) is 0 Å². The summed E-state index contributed by atoms with van der Waals surface area (Å²) in [5, 5.41) is 0. The van der Waals surface area contributed by atoms with Crippen LogP contribution in [-0.2, 0) is 0 Å². The van der Waals surface area contributed by atoms with Crippen molar-refractivity contribution in [2.45, 2.75) is 20.8 Å². The SMILES string of the molecule is Cc1ccc(C=CC(=O)c2ccc(C)c(C)c2)cc1. The van der Waals surface area contributed by atoms with Gasteiger partial charge in [-0.3, -0.25) is 4.79 Å². The Morgan fingerprint density at radius 2 is 1.58 bits per heavy atom. The number of carbonyl (C=O) groups is 1. The fourth-order valence-electron chi connectivity index (χ4n) is 1.84. The molecule has 1 heteroatoms. The molecule has 0 aromatic heterocycles. The highest BCUT2D eigenvalue weighted by Crippen LogP contribution is 2.12. The molecule has 0 spiro atoms. The van der Waals surface area contributed by atoms with Crippen LogP contribution in [0.1, 0.15) is 32.6 Å². The van der Waals surface area contributed by atoms with Crippen molar-refractivity contribution in [2.24, 2.45) is 0 Å². The second-order valence-corrected chi connectivity index (χ2v) is 4.91. The zero-order valence-corrected chi connectivity index (χ0v) is 11.6. The quantitative estimate of drug-likeness (QED) is 0.578. The molecule has 0 aliphatic carbocycles. The van der Waals surface area contributed by atoms with E-state index in [-0.39, 0.29) is 5.78 Å². The Balaban J connectivity index is 2.16. The molecule has 0 radical (unpaired) electrons. The first-order chi connectivity index (χ1) is 9.06. The Kier molecular flexibility index (Phi) is 3.96. The summed E-state index contributed by atoms with van der Waals surface area (Å²) in [5.74, 6) is 0.0451. The maximum atomic E-state index is 12.1. The number of allylic oxidation sites excluding steroid dienone is 1. The lowest BCUT2D eigenvalue weighted by atomic mass is 10.0. The third kappa shape index (κ3) is 3.41. The zero-order valence-electron chi connectivity index (χ0n) is 11.6. The minimum Gasteiger partial charge on any atom is -0.289 e. The molecule has 0 fully saturated rings. The highest BCUT2D eigenvalue weighted by atomic mass is 16.1. The van der Waals surface area contributed by atoms with Crippen molar-refractivity contribution < 1.29 is 4.79 Å². The van der Waals surface area contributed by atoms with Crippen molar-refractivity contribution in [1.82, 2.24) is 0 Å². The summed E-state index contributed by atoms with van der Waals surface area (Å²) >= 11 is 0. The van der Waals surface area contributed by atoms with Crippen molar-refractivity contribution >= 4 is 11.9 Å². The Morgan fingerprint density at radius 3 is 2.21 bits per heavy atom. The van der Waals surface area contributed by atoms with Crippen molar-refractivity contribution in [3.63, 3.8) is 0 Å². The van der Waals surface area contributed by atoms with Gasteiger partial charge in [-0.25, -0.2) is 0 Å². The fourth-order valence-corrected chi connectivity index (χ4v) is 1.84. The van der Waals surface area contributed by atoms with Gasteiger partial charge >= 0.3 is 0 Å². The summed E-state index contributed by atoms with van der Waals surface area (Å²) in [6.45, 7) is 6.12. The molecule has 0 heterocycles. The van der Waals surface area contributed by atoms with Crippen LogP contribution >= 0.6 is 0 Å². The first-order valence-electron chi connectivity index (χ1n) is 6.42. The molecule has 0 bridgehead atoms. The van der Waals surface area contributed by atoms with Crippen LogP contribution < -0.4 is 0 Å². The molecule has 1 nitrogen and oxygen atoms in total. The van der Waals surface area contributed by atoms with Crippen LogP contribution in [0.15, 0.2) is 48.5 Å². The lowest BCUT2D eigenvalue weighted by Crippen LogP contribution is -1.95. The lowest BCUT2D eigenvalue weighted by Gasteiger charge is -2.02. The average molecular weight is 250 g/mol. The van der Waals surface area contributed by atoms with E-state index < -0.39 is 0 Å². The Morgan fingerprint density at radius 1 is 0.895 bits per heavy atom. The Labute approximate surface area is 114 Å². The molecule has 0 aliphatic heterocycles. The third-order valence-corrected chi connectivity index (χ3v) is 3.30. The molecule has 2 rings (SSSR count). The minimum absolute atomic E-state index is 0.0451. The van der Waals surface area contributed by atoms with E-state index in [9.17, 15) is 4.79 Å². The van der Waals surface area contributed by atoms with E-state index in [1.54, 1.807) is 6.08 Å². The number of benzene rings is 2. The predicted octanol–water partition coefficient (Wildman–Crippen LogP) is 4.51. The molecular formula is C18H18O. The molecular weight excluding hydrogens is 232 g/mol. The maximum absolute atomic E-state index is 12.1. The van der Waals surface area contributed by atoms with E-state index >= 15 is 0 Å². The van der Waals surface area contributed by atoms with Gasteiger partial charge < -0.3 is 0 Å². The molecule has 96 valence electrons. The van der Waals surface area contributed by atoms with Crippen LogP contribution in [0.4, 0.5) is 0 Å². The van der Waals surface area contributed by atoms with Gasteiger partial charge in [0, 0.05) is 5.56 Å². The van der Waals surface area contributed by atoms with Gasteiger partial charge in [0.15, 0.2) is 5.78 Å². The second kappa shape index (κ2) is 5.66. The van der Waals surface area contributed by atoms with Crippen LogP contribution in [-0.4, -0.2) is 5.78 Å². The highest BCUT2D eigenvalue weighted by Gasteiger charge is 2.02. The fraction of sp³-hybridized carbons (Fsp3) is 0.167.